The van der Waals surface area contributed by atoms with Gasteiger partial charge in [-0.2, -0.15) is 0 Å². The molecule has 0 aliphatic carbocycles. The van der Waals surface area contributed by atoms with Gasteiger partial charge in [-0.15, -0.1) is 0 Å². The molecule has 21 heavy (non-hydrogen) atoms. The molecule has 0 unspecified atom stereocenters. The molecular formula is C14H20N3O4-. The Morgan fingerprint density at radius 3 is 2.24 bits per heavy atom. The van der Waals surface area contributed by atoms with E-state index in [-0.39, 0.29) is 10.6 Å². The summed E-state index contributed by atoms with van der Waals surface area (Å²) >= 11 is 0. The molecule has 0 N–H and O–H groups in total. The highest BCUT2D eigenvalue weighted by Crippen LogP contribution is 2.28. The minimum atomic E-state index is -1.08. The summed E-state index contributed by atoms with van der Waals surface area (Å²) in [6, 6.07) is 6.97. The molecule has 7 heteroatoms. The Kier molecular flexibility index (Phi) is 6.61. The fourth-order valence-corrected chi connectivity index (χ4v) is 2.19. The summed E-state index contributed by atoms with van der Waals surface area (Å²) in [6.45, 7) is 7.83. The minimum absolute atomic E-state index is 0.206. The van der Waals surface area contributed by atoms with Gasteiger partial charge in [0.15, 0.2) is 0 Å². The van der Waals surface area contributed by atoms with Crippen LogP contribution in [-0.2, 0) is 4.79 Å². The normalized spacial score (nSPS) is 15.0. The second kappa shape index (κ2) is 8.21. The van der Waals surface area contributed by atoms with Crippen molar-refractivity contribution in [1.82, 2.24) is 4.90 Å². The van der Waals surface area contributed by atoms with Gasteiger partial charge in [0.05, 0.1) is 4.92 Å². The van der Waals surface area contributed by atoms with Crippen LogP contribution in [0.5, 0.6) is 0 Å². The minimum Gasteiger partial charge on any atom is -0.550 e. The van der Waals surface area contributed by atoms with E-state index in [1.165, 1.54) is 0 Å². The lowest BCUT2D eigenvalue weighted by Gasteiger charge is -2.35. The number of nitrogens with zero attached hydrogens (tertiary/aromatic N) is 3. The number of aliphatic carboxylic acids is 1. The van der Waals surface area contributed by atoms with E-state index in [4.69, 9.17) is 9.90 Å². The lowest BCUT2D eigenvalue weighted by molar-refractivity contribution is -0.384. The summed E-state index contributed by atoms with van der Waals surface area (Å²) in [5.74, 6) is -1.08. The van der Waals surface area contributed by atoms with Crippen LogP contribution < -0.4 is 10.0 Å². The number of hydrogen-bond acceptors (Lipinski definition) is 6. The van der Waals surface area contributed by atoms with Crippen molar-refractivity contribution in [3.63, 3.8) is 0 Å². The van der Waals surface area contributed by atoms with E-state index in [1.807, 2.05) is 12.1 Å². The number of benzene rings is 1. The Morgan fingerprint density at radius 1 is 1.24 bits per heavy atom. The highest BCUT2D eigenvalue weighted by atomic mass is 16.6. The number of rotatable bonds is 3. The molecule has 0 amide bonds. The summed E-state index contributed by atoms with van der Waals surface area (Å²) in [7, 11) is 0. The van der Waals surface area contributed by atoms with Gasteiger partial charge in [-0.05, 0) is 19.5 Å². The van der Waals surface area contributed by atoms with Crippen LogP contribution in [0.4, 0.5) is 11.4 Å². The summed E-state index contributed by atoms with van der Waals surface area (Å²) < 4.78 is 0. The molecule has 0 spiro atoms. The molecule has 1 aliphatic rings. The predicted molar refractivity (Wildman–Crippen MR) is 78.1 cm³/mol. The Hall–Kier alpha value is -2.15. The number of carboxylic acid groups (broad SMARTS) is 1. The number of carbonyl (C=O) groups excluding carboxylic acids is 1. The van der Waals surface area contributed by atoms with Crippen LogP contribution >= 0.6 is 0 Å². The number of hydrogen-bond donors (Lipinski definition) is 0. The maximum atomic E-state index is 11.0. The van der Waals surface area contributed by atoms with Crippen molar-refractivity contribution in [1.29, 1.82) is 0 Å². The zero-order valence-electron chi connectivity index (χ0n) is 12.3. The second-order valence-electron chi connectivity index (χ2n) is 4.66. The first kappa shape index (κ1) is 16.9. The van der Waals surface area contributed by atoms with Gasteiger partial charge in [0.1, 0.15) is 5.69 Å². The molecule has 1 aromatic carbocycles. The van der Waals surface area contributed by atoms with Crippen molar-refractivity contribution in [2.45, 2.75) is 13.8 Å². The Labute approximate surface area is 123 Å². The molecule has 1 saturated heterocycles. The van der Waals surface area contributed by atoms with Gasteiger partial charge in [0, 0.05) is 38.2 Å². The topological polar surface area (TPSA) is 89.8 Å². The van der Waals surface area contributed by atoms with Crippen LogP contribution in [0.2, 0.25) is 0 Å². The number of anilines is 1. The molecule has 0 bridgehead atoms. The number of para-hydroxylation sites is 2. The zero-order valence-corrected chi connectivity index (χ0v) is 12.3. The Morgan fingerprint density at radius 2 is 1.76 bits per heavy atom. The van der Waals surface area contributed by atoms with Crippen LogP contribution in [0.15, 0.2) is 24.3 Å². The molecule has 0 atom stereocenters. The van der Waals surface area contributed by atoms with Gasteiger partial charge in [0.25, 0.3) is 5.69 Å². The van der Waals surface area contributed by atoms with Crippen LogP contribution in [0.1, 0.15) is 13.8 Å². The van der Waals surface area contributed by atoms with Gasteiger partial charge >= 0.3 is 0 Å². The summed E-state index contributed by atoms with van der Waals surface area (Å²) in [4.78, 5) is 24.0. The average molecular weight is 294 g/mol. The fourth-order valence-electron chi connectivity index (χ4n) is 2.19. The third-order valence-corrected chi connectivity index (χ3v) is 3.24. The molecular weight excluding hydrogens is 274 g/mol. The Balaban J connectivity index is 0.000000491. The molecule has 7 nitrogen and oxygen atoms in total. The molecule has 116 valence electrons. The van der Waals surface area contributed by atoms with Crippen molar-refractivity contribution in [2.75, 3.05) is 37.6 Å². The van der Waals surface area contributed by atoms with E-state index in [1.54, 1.807) is 12.1 Å². The molecule has 0 radical (unpaired) electrons. The fraction of sp³-hybridized carbons (Fsp3) is 0.500. The van der Waals surface area contributed by atoms with Crippen molar-refractivity contribution in [2.24, 2.45) is 0 Å². The van der Waals surface area contributed by atoms with Crippen LogP contribution in [-0.4, -0.2) is 48.5 Å². The number of nitro benzene ring substituents is 1. The average Bonchev–Trinajstić information content (AvgIpc) is 2.47. The number of likely N-dealkylation sites (N-methyl/N-ethyl adjacent to an activating group) is 1. The van der Waals surface area contributed by atoms with Crippen molar-refractivity contribution >= 4 is 17.3 Å². The number of nitro groups is 1. The standard InChI is InChI=1S/C12H17N3O2.C2H4O2/c1-2-13-7-9-14(10-8-13)11-5-3-4-6-12(11)15(16)17;1-2(3)4/h3-6H,2,7-10H2,1H3;1H3,(H,3,4)/p-1. The van der Waals surface area contributed by atoms with Crippen molar-refractivity contribution in [3.05, 3.63) is 34.4 Å². The Bertz CT molecular complexity index is 481. The van der Waals surface area contributed by atoms with E-state index in [0.29, 0.717) is 0 Å². The van der Waals surface area contributed by atoms with Gasteiger partial charge in [-0.25, -0.2) is 0 Å². The quantitative estimate of drug-likeness (QED) is 0.595. The lowest BCUT2D eigenvalue weighted by atomic mass is 10.2. The van der Waals surface area contributed by atoms with E-state index in [2.05, 4.69) is 16.7 Å². The maximum Gasteiger partial charge on any atom is 0.292 e. The first-order valence-corrected chi connectivity index (χ1v) is 6.84. The highest BCUT2D eigenvalue weighted by Gasteiger charge is 2.22. The molecule has 0 saturated carbocycles. The third kappa shape index (κ3) is 5.39. The number of carbonyl (C=O) groups is 1. The smallest absolute Gasteiger partial charge is 0.292 e. The van der Waals surface area contributed by atoms with E-state index < -0.39 is 5.97 Å². The summed E-state index contributed by atoms with van der Waals surface area (Å²) in [5, 5.41) is 19.8. The number of carboxylic acids is 1. The molecule has 1 aliphatic heterocycles. The predicted octanol–water partition coefficient (Wildman–Crippen LogP) is 0.493. The van der Waals surface area contributed by atoms with E-state index >= 15 is 0 Å². The number of piperazine rings is 1. The van der Waals surface area contributed by atoms with E-state index in [0.717, 1.165) is 45.3 Å². The SMILES string of the molecule is CC(=O)[O-].CCN1CCN(c2ccccc2[N+](=O)[O-])CC1. The lowest BCUT2D eigenvalue weighted by Crippen LogP contribution is -2.46. The monoisotopic (exact) mass is 294 g/mol. The largest absolute Gasteiger partial charge is 0.550 e. The van der Waals surface area contributed by atoms with Crippen LogP contribution in [0.3, 0.4) is 0 Å². The van der Waals surface area contributed by atoms with E-state index in [9.17, 15) is 10.1 Å². The van der Waals surface area contributed by atoms with Crippen molar-refractivity contribution < 1.29 is 14.8 Å². The zero-order chi connectivity index (χ0) is 15.8. The van der Waals surface area contributed by atoms with Gasteiger partial charge in [-0.3, -0.25) is 10.1 Å². The summed E-state index contributed by atoms with van der Waals surface area (Å²) in [5.41, 5.74) is 0.950. The van der Waals surface area contributed by atoms with Gasteiger partial charge in [0.2, 0.25) is 0 Å². The first-order chi connectivity index (χ1) is 9.95. The first-order valence-electron chi connectivity index (χ1n) is 6.84. The van der Waals surface area contributed by atoms with Gasteiger partial charge in [-0.1, -0.05) is 19.1 Å². The molecule has 0 aromatic heterocycles. The highest BCUT2D eigenvalue weighted by molar-refractivity contribution is 5.63. The van der Waals surface area contributed by atoms with Crippen LogP contribution in [0.25, 0.3) is 0 Å². The third-order valence-electron chi connectivity index (χ3n) is 3.24. The van der Waals surface area contributed by atoms with Crippen molar-refractivity contribution in [3.8, 4) is 0 Å². The molecule has 1 aromatic rings. The maximum absolute atomic E-state index is 11.0. The van der Waals surface area contributed by atoms with Crippen LogP contribution in [0, 0.1) is 10.1 Å². The second-order valence-corrected chi connectivity index (χ2v) is 4.66. The molecule has 1 fully saturated rings. The molecule has 2 rings (SSSR count). The summed E-state index contributed by atoms with van der Waals surface area (Å²) in [6.07, 6.45) is 0. The molecule has 1 heterocycles. The van der Waals surface area contributed by atoms with Gasteiger partial charge < -0.3 is 19.7 Å².